The van der Waals surface area contributed by atoms with Crippen molar-refractivity contribution in [3.05, 3.63) is 48.3 Å². The molecule has 0 saturated carbocycles. The van der Waals surface area contributed by atoms with Crippen molar-refractivity contribution in [3.63, 3.8) is 0 Å². The van der Waals surface area contributed by atoms with Crippen LogP contribution in [0.25, 0.3) is 0 Å². The molecule has 0 bridgehead atoms. The number of hydrazone groups is 1. The largest absolute Gasteiger partial charge is 0.294 e. The molecule has 0 radical (unpaired) electrons. The Bertz CT molecular complexity index is 1080. The molecule has 136 valence electrons. The third-order valence-electron chi connectivity index (χ3n) is 3.49. The molecule has 1 aromatic carbocycles. The molecule has 10 nitrogen and oxygen atoms in total. The number of rotatable bonds is 4. The molecule has 0 unspecified atom stereocenters. The Morgan fingerprint density at radius 1 is 0.923 bits per heavy atom. The highest BCUT2D eigenvalue weighted by molar-refractivity contribution is 7.86. The van der Waals surface area contributed by atoms with Crippen molar-refractivity contribution in [3.8, 4) is 0 Å². The van der Waals surface area contributed by atoms with Crippen molar-refractivity contribution < 1.29 is 30.7 Å². The first-order valence-electron chi connectivity index (χ1n) is 6.96. The van der Waals surface area contributed by atoms with E-state index in [1.54, 1.807) is 12.1 Å². The lowest BCUT2D eigenvalue weighted by atomic mass is 10.1. The Hall–Kier alpha value is -2.67. The molecular formula is C14H11N3O7S2. The molecule has 1 amide bonds. The molecule has 12 heteroatoms. The van der Waals surface area contributed by atoms with Crippen LogP contribution in [0, 0.1) is 0 Å². The van der Waals surface area contributed by atoms with E-state index in [1.807, 2.05) is 0 Å². The van der Waals surface area contributed by atoms with Crippen molar-refractivity contribution in [2.24, 2.45) is 5.10 Å². The van der Waals surface area contributed by atoms with Crippen LogP contribution in [0.4, 0.5) is 5.69 Å². The zero-order chi connectivity index (χ0) is 19.1. The fraction of sp³-hybridized carbons (Fsp3) is 0.0714. The molecule has 3 rings (SSSR count). The Labute approximate surface area is 148 Å². The van der Waals surface area contributed by atoms with Crippen molar-refractivity contribution in [1.82, 2.24) is 4.98 Å². The fourth-order valence-electron chi connectivity index (χ4n) is 2.31. The number of hydrogen-bond donors (Lipinski definition) is 2. The highest BCUT2D eigenvalue weighted by Gasteiger charge is 2.28. The predicted molar refractivity (Wildman–Crippen MR) is 88.9 cm³/mol. The topological polar surface area (TPSA) is 154 Å². The summed E-state index contributed by atoms with van der Waals surface area (Å²) in [5, 5.41) is 4.88. The Morgan fingerprint density at radius 3 is 1.96 bits per heavy atom. The zero-order valence-corrected chi connectivity index (χ0v) is 14.5. The lowest BCUT2D eigenvalue weighted by Gasteiger charge is -2.13. The molecule has 0 atom stereocenters. The minimum absolute atomic E-state index is 0.110. The molecule has 1 aromatic heterocycles. The summed E-state index contributed by atoms with van der Waals surface area (Å²) in [5.74, 6) is -0.550. The first-order valence-corrected chi connectivity index (χ1v) is 9.84. The van der Waals surface area contributed by atoms with Gasteiger partial charge in [-0.1, -0.05) is 0 Å². The van der Waals surface area contributed by atoms with Crippen LogP contribution in [0.3, 0.4) is 0 Å². The van der Waals surface area contributed by atoms with Crippen molar-refractivity contribution in [2.45, 2.75) is 16.2 Å². The van der Waals surface area contributed by atoms with E-state index in [2.05, 4.69) is 10.1 Å². The summed E-state index contributed by atoms with van der Waals surface area (Å²) in [4.78, 5) is 14.5. The quantitative estimate of drug-likeness (QED) is 0.715. The summed E-state index contributed by atoms with van der Waals surface area (Å²) in [6, 6.07) is 5.56. The second-order valence-electron chi connectivity index (χ2n) is 5.28. The number of carbonyl (C=O) groups excluding carboxylic acids is 1. The van der Waals surface area contributed by atoms with E-state index in [4.69, 9.17) is 0 Å². The molecule has 0 saturated heterocycles. The number of aromatic nitrogens is 1. The molecular weight excluding hydrogens is 386 g/mol. The van der Waals surface area contributed by atoms with E-state index in [0.717, 1.165) is 17.1 Å². The molecule has 26 heavy (non-hydrogen) atoms. The van der Waals surface area contributed by atoms with Gasteiger partial charge in [-0.25, -0.2) is 5.01 Å². The van der Waals surface area contributed by atoms with Crippen LogP contribution in [0.15, 0.2) is 57.6 Å². The van der Waals surface area contributed by atoms with Gasteiger partial charge in [-0.2, -0.15) is 21.9 Å². The van der Waals surface area contributed by atoms with Gasteiger partial charge in [0.1, 0.15) is 0 Å². The minimum atomic E-state index is -4.79. The van der Waals surface area contributed by atoms with Crippen LogP contribution in [0.1, 0.15) is 12.0 Å². The average Bonchev–Trinajstić information content (AvgIpc) is 2.95. The Kier molecular flexibility index (Phi) is 4.36. The van der Waals surface area contributed by atoms with Gasteiger partial charge in [0.05, 0.1) is 27.6 Å². The van der Waals surface area contributed by atoms with E-state index < -0.39 is 35.9 Å². The Balaban J connectivity index is 2.14. The van der Waals surface area contributed by atoms with Crippen LogP contribution >= 0.6 is 0 Å². The summed E-state index contributed by atoms with van der Waals surface area (Å²) in [5.41, 5.74) is 0.738. The van der Waals surface area contributed by atoms with Gasteiger partial charge in [0.15, 0.2) is 0 Å². The smallest absolute Gasteiger partial charge is 0.282 e. The monoisotopic (exact) mass is 397 g/mol. The number of carbonyl (C=O) groups is 1. The van der Waals surface area contributed by atoms with Crippen LogP contribution < -0.4 is 5.01 Å². The maximum absolute atomic E-state index is 12.3. The van der Waals surface area contributed by atoms with E-state index in [0.29, 0.717) is 17.3 Å². The Morgan fingerprint density at radius 2 is 1.46 bits per heavy atom. The van der Waals surface area contributed by atoms with Gasteiger partial charge in [-0.15, -0.1) is 0 Å². The van der Waals surface area contributed by atoms with Crippen LogP contribution in [-0.2, 0) is 25.0 Å². The number of nitrogens with zero attached hydrogens (tertiary/aromatic N) is 3. The summed E-state index contributed by atoms with van der Waals surface area (Å²) in [6.45, 7) is 0. The molecule has 2 heterocycles. The van der Waals surface area contributed by atoms with Gasteiger partial charge in [0, 0.05) is 18.0 Å². The SMILES string of the molecule is O=C1CC(c2ccncc2)=NN1c1cc(S(=O)(=O)O)cc(S(=O)(=O)O)c1. The molecule has 2 N–H and O–H groups in total. The lowest BCUT2D eigenvalue weighted by Crippen LogP contribution is -2.20. The highest BCUT2D eigenvalue weighted by atomic mass is 32.2. The zero-order valence-electron chi connectivity index (χ0n) is 12.8. The minimum Gasteiger partial charge on any atom is -0.282 e. The molecule has 0 fully saturated rings. The fourth-order valence-corrected chi connectivity index (χ4v) is 3.48. The molecule has 1 aliphatic rings. The standard InChI is InChI=1S/C14H11N3O7S2/c18-14-8-13(9-1-3-15-4-2-9)16-17(14)10-5-11(25(19,20)21)7-12(6-10)26(22,23)24/h1-7H,8H2,(H,19,20,21)(H,22,23,24). The third kappa shape index (κ3) is 3.62. The first kappa shape index (κ1) is 18.1. The first-order chi connectivity index (χ1) is 12.1. The normalized spacial score (nSPS) is 15.2. The molecule has 2 aromatic rings. The molecule has 1 aliphatic heterocycles. The van der Waals surface area contributed by atoms with Gasteiger partial charge in [-0.3, -0.25) is 18.9 Å². The van der Waals surface area contributed by atoms with Crippen LogP contribution in [0.5, 0.6) is 0 Å². The van der Waals surface area contributed by atoms with Gasteiger partial charge in [0.2, 0.25) is 0 Å². The predicted octanol–water partition coefficient (Wildman–Crippen LogP) is 0.716. The van der Waals surface area contributed by atoms with Crippen molar-refractivity contribution >= 4 is 37.5 Å². The van der Waals surface area contributed by atoms with Crippen molar-refractivity contribution in [1.29, 1.82) is 0 Å². The highest BCUT2D eigenvalue weighted by Crippen LogP contribution is 2.28. The van der Waals surface area contributed by atoms with Gasteiger partial charge in [0.25, 0.3) is 26.1 Å². The summed E-state index contributed by atoms with van der Waals surface area (Å²) in [7, 11) is -9.58. The van der Waals surface area contributed by atoms with E-state index in [-0.39, 0.29) is 12.1 Å². The maximum atomic E-state index is 12.3. The second-order valence-corrected chi connectivity index (χ2v) is 8.12. The van der Waals surface area contributed by atoms with E-state index in [1.165, 1.54) is 12.4 Å². The lowest BCUT2D eigenvalue weighted by molar-refractivity contribution is -0.116. The van der Waals surface area contributed by atoms with Crippen molar-refractivity contribution in [2.75, 3.05) is 5.01 Å². The van der Waals surface area contributed by atoms with E-state index in [9.17, 15) is 30.7 Å². The second kappa shape index (κ2) is 6.25. The maximum Gasteiger partial charge on any atom is 0.294 e. The van der Waals surface area contributed by atoms with Gasteiger partial charge >= 0.3 is 0 Å². The van der Waals surface area contributed by atoms with Crippen LogP contribution in [0.2, 0.25) is 0 Å². The third-order valence-corrected chi connectivity index (χ3v) is 5.16. The number of anilines is 1. The summed E-state index contributed by atoms with van der Waals surface area (Å²) < 4.78 is 63.9. The van der Waals surface area contributed by atoms with E-state index >= 15 is 0 Å². The molecule has 0 aliphatic carbocycles. The van der Waals surface area contributed by atoms with Gasteiger partial charge < -0.3 is 0 Å². The number of benzene rings is 1. The average molecular weight is 397 g/mol. The molecule has 0 spiro atoms. The van der Waals surface area contributed by atoms with Crippen LogP contribution in [-0.4, -0.2) is 42.5 Å². The number of pyridine rings is 1. The van der Waals surface area contributed by atoms with Gasteiger partial charge in [-0.05, 0) is 30.3 Å². The summed E-state index contributed by atoms with van der Waals surface area (Å²) >= 11 is 0. The number of hydrogen-bond acceptors (Lipinski definition) is 7. The summed E-state index contributed by atoms with van der Waals surface area (Å²) in [6.07, 6.45) is 2.89. The number of amides is 1.